The Hall–Kier alpha value is -1.17. The molecule has 112 valence electrons. The average molecular weight is 296 g/mol. The van der Waals surface area contributed by atoms with Crippen LogP contribution >= 0.6 is 11.6 Å². The Morgan fingerprint density at radius 3 is 2.16 bits per heavy atom. The van der Waals surface area contributed by atoms with E-state index in [1.165, 1.54) is 0 Å². The first-order chi connectivity index (χ1) is 8.56. The van der Waals surface area contributed by atoms with Gasteiger partial charge >= 0.3 is 12.2 Å². The van der Waals surface area contributed by atoms with E-state index >= 15 is 0 Å². The standard InChI is InChI=1S/C12H22ClNO5/c1-11(2,3)18-9(15)14-7-6-12(4,5)19-10(16)17-8-13/h6-8H2,1-5H3,(H,14,15). The number of rotatable bonds is 5. The second-order valence-electron chi connectivity index (χ2n) is 5.54. The van der Waals surface area contributed by atoms with Crippen LogP contribution in [0.1, 0.15) is 41.0 Å². The number of nitrogens with one attached hydrogen (secondary N) is 1. The molecule has 0 unspecified atom stereocenters. The number of ether oxygens (including phenoxy) is 3. The summed E-state index contributed by atoms with van der Waals surface area (Å²) in [5.74, 6) is 0. The lowest BCUT2D eigenvalue weighted by Crippen LogP contribution is -2.37. The SMILES string of the molecule is CC(C)(C)OC(=O)NCCC(C)(C)OC(=O)OCCl. The van der Waals surface area contributed by atoms with Crippen LogP contribution in [0, 0.1) is 0 Å². The molecule has 0 aliphatic carbocycles. The third-order valence-electron chi connectivity index (χ3n) is 1.93. The largest absolute Gasteiger partial charge is 0.510 e. The van der Waals surface area contributed by atoms with E-state index in [1.807, 2.05) is 0 Å². The minimum absolute atomic E-state index is 0.259. The zero-order valence-corrected chi connectivity index (χ0v) is 12.8. The number of halogens is 1. The van der Waals surface area contributed by atoms with Crippen LogP contribution in [0.3, 0.4) is 0 Å². The van der Waals surface area contributed by atoms with E-state index in [1.54, 1.807) is 34.6 Å². The molecule has 19 heavy (non-hydrogen) atoms. The number of amides is 1. The number of hydrogen-bond donors (Lipinski definition) is 1. The van der Waals surface area contributed by atoms with Gasteiger partial charge < -0.3 is 19.5 Å². The van der Waals surface area contributed by atoms with E-state index in [2.05, 4.69) is 10.1 Å². The summed E-state index contributed by atoms with van der Waals surface area (Å²) in [7, 11) is 0. The van der Waals surface area contributed by atoms with Gasteiger partial charge in [0.1, 0.15) is 11.2 Å². The lowest BCUT2D eigenvalue weighted by molar-refractivity contribution is -0.0137. The van der Waals surface area contributed by atoms with Gasteiger partial charge in [0.25, 0.3) is 0 Å². The van der Waals surface area contributed by atoms with Gasteiger partial charge in [-0.1, -0.05) is 11.6 Å². The third-order valence-corrected chi connectivity index (χ3v) is 2.04. The topological polar surface area (TPSA) is 73.9 Å². The molecule has 0 aromatic rings. The molecule has 0 saturated heterocycles. The minimum atomic E-state index is -0.836. The van der Waals surface area contributed by atoms with Crippen LogP contribution in [-0.4, -0.2) is 36.1 Å². The molecule has 0 spiro atoms. The summed E-state index contributed by atoms with van der Waals surface area (Å²) in [6.07, 6.45) is -0.923. The molecule has 1 amide bonds. The van der Waals surface area contributed by atoms with Gasteiger partial charge in [0.15, 0.2) is 6.07 Å². The molecule has 0 atom stereocenters. The van der Waals surface area contributed by atoms with E-state index in [0.717, 1.165) is 0 Å². The van der Waals surface area contributed by atoms with Crippen molar-refractivity contribution >= 4 is 23.8 Å². The number of alkyl halides is 1. The van der Waals surface area contributed by atoms with Gasteiger partial charge in [-0.3, -0.25) is 0 Å². The van der Waals surface area contributed by atoms with Gasteiger partial charge in [0, 0.05) is 13.0 Å². The Kier molecular flexibility index (Phi) is 6.97. The van der Waals surface area contributed by atoms with Crippen molar-refractivity contribution in [2.24, 2.45) is 0 Å². The zero-order chi connectivity index (χ0) is 15.1. The zero-order valence-electron chi connectivity index (χ0n) is 12.0. The molecular formula is C12H22ClNO5. The Bertz CT molecular complexity index is 312. The summed E-state index contributed by atoms with van der Waals surface area (Å²) < 4.78 is 14.6. The highest BCUT2D eigenvalue weighted by atomic mass is 35.5. The Balaban J connectivity index is 3.98. The lowest BCUT2D eigenvalue weighted by atomic mass is 10.1. The second-order valence-corrected chi connectivity index (χ2v) is 5.76. The van der Waals surface area contributed by atoms with Gasteiger partial charge in [-0.05, 0) is 34.6 Å². The van der Waals surface area contributed by atoms with Gasteiger partial charge in [-0.25, -0.2) is 9.59 Å². The highest BCUT2D eigenvalue weighted by Gasteiger charge is 2.24. The monoisotopic (exact) mass is 295 g/mol. The average Bonchev–Trinajstić information content (AvgIpc) is 2.12. The fourth-order valence-electron chi connectivity index (χ4n) is 1.13. The fraction of sp³-hybridized carbons (Fsp3) is 0.833. The number of carbonyl (C=O) groups excluding carboxylic acids is 2. The summed E-state index contributed by atoms with van der Waals surface area (Å²) in [6.45, 7) is 9.07. The molecule has 1 N–H and O–H groups in total. The van der Waals surface area contributed by atoms with Crippen LogP contribution in [0.4, 0.5) is 9.59 Å². The maximum absolute atomic E-state index is 11.4. The quantitative estimate of drug-likeness (QED) is 0.623. The van der Waals surface area contributed by atoms with Gasteiger partial charge in [-0.15, -0.1) is 0 Å². The lowest BCUT2D eigenvalue weighted by Gasteiger charge is -2.25. The maximum atomic E-state index is 11.4. The van der Waals surface area contributed by atoms with E-state index in [0.29, 0.717) is 13.0 Å². The minimum Gasteiger partial charge on any atom is -0.444 e. The summed E-state index contributed by atoms with van der Waals surface area (Å²) in [5, 5.41) is 2.58. The van der Waals surface area contributed by atoms with E-state index in [-0.39, 0.29) is 6.07 Å². The van der Waals surface area contributed by atoms with Crippen molar-refractivity contribution in [3.63, 3.8) is 0 Å². The smallest absolute Gasteiger partial charge is 0.444 e. The van der Waals surface area contributed by atoms with Crippen molar-refractivity contribution in [2.75, 3.05) is 12.6 Å². The predicted octanol–water partition coefficient (Wildman–Crippen LogP) is 3.03. The summed E-state index contributed by atoms with van der Waals surface area (Å²) >= 11 is 5.24. The van der Waals surface area contributed by atoms with Crippen LogP contribution in [-0.2, 0) is 14.2 Å². The maximum Gasteiger partial charge on any atom is 0.510 e. The molecule has 0 fully saturated rings. The van der Waals surface area contributed by atoms with Gasteiger partial charge in [0.05, 0.1) is 0 Å². The van der Waals surface area contributed by atoms with Crippen molar-refractivity contribution in [3.05, 3.63) is 0 Å². The molecule has 0 heterocycles. The molecule has 0 aliphatic rings. The van der Waals surface area contributed by atoms with Gasteiger partial charge in [0.2, 0.25) is 0 Å². The second kappa shape index (κ2) is 7.43. The van der Waals surface area contributed by atoms with Crippen LogP contribution in [0.15, 0.2) is 0 Å². The Morgan fingerprint density at radius 2 is 1.68 bits per heavy atom. The normalized spacial score (nSPS) is 11.7. The molecule has 0 rings (SSSR count). The molecule has 7 heteroatoms. The number of carbonyl (C=O) groups is 2. The van der Waals surface area contributed by atoms with Crippen molar-refractivity contribution in [3.8, 4) is 0 Å². The fourth-order valence-corrected chi connectivity index (χ4v) is 1.22. The molecule has 0 bridgehead atoms. The predicted molar refractivity (Wildman–Crippen MR) is 71.2 cm³/mol. The summed E-state index contributed by atoms with van der Waals surface area (Å²) in [4.78, 5) is 22.5. The van der Waals surface area contributed by atoms with E-state index < -0.39 is 23.5 Å². The first-order valence-electron chi connectivity index (χ1n) is 5.94. The molecule has 0 aromatic heterocycles. The first kappa shape index (κ1) is 17.8. The van der Waals surface area contributed by atoms with Crippen LogP contribution in [0.2, 0.25) is 0 Å². The number of alkyl carbamates (subject to hydrolysis) is 1. The van der Waals surface area contributed by atoms with Crippen LogP contribution < -0.4 is 5.32 Å². The molecule has 6 nitrogen and oxygen atoms in total. The Labute approximate surface area is 118 Å². The van der Waals surface area contributed by atoms with E-state index in [4.69, 9.17) is 21.1 Å². The summed E-state index contributed by atoms with van der Waals surface area (Å²) in [5.41, 5.74) is -1.31. The van der Waals surface area contributed by atoms with Crippen LogP contribution in [0.25, 0.3) is 0 Å². The van der Waals surface area contributed by atoms with Crippen molar-refractivity contribution in [1.29, 1.82) is 0 Å². The number of hydrogen-bond acceptors (Lipinski definition) is 5. The van der Waals surface area contributed by atoms with Crippen LogP contribution in [0.5, 0.6) is 0 Å². The molecule has 0 aliphatic heterocycles. The van der Waals surface area contributed by atoms with Crippen molar-refractivity contribution in [1.82, 2.24) is 5.32 Å². The molecular weight excluding hydrogens is 274 g/mol. The van der Waals surface area contributed by atoms with E-state index in [9.17, 15) is 9.59 Å². The van der Waals surface area contributed by atoms with Crippen molar-refractivity contribution in [2.45, 2.75) is 52.2 Å². The first-order valence-corrected chi connectivity index (χ1v) is 6.48. The highest BCUT2D eigenvalue weighted by molar-refractivity contribution is 6.17. The third kappa shape index (κ3) is 10.4. The molecule has 0 aromatic carbocycles. The summed E-state index contributed by atoms with van der Waals surface area (Å²) in [6, 6.07) is -0.259. The highest BCUT2D eigenvalue weighted by Crippen LogP contribution is 2.15. The Morgan fingerprint density at radius 1 is 1.11 bits per heavy atom. The molecule has 0 saturated carbocycles. The van der Waals surface area contributed by atoms with Gasteiger partial charge in [-0.2, -0.15) is 0 Å². The molecule has 0 radical (unpaired) electrons. The van der Waals surface area contributed by atoms with Crippen molar-refractivity contribution < 1.29 is 23.8 Å².